The van der Waals surface area contributed by atoms with E-state index in [2.05, 4.69) is 20.2 Å². The maximum absolute atomic E-state index is 12.4. The summed E-state index contributed by atoms with van der Waals surface area (Å²) < 4.78 is 27.5. The van der Waals surface area contributed by atoms with Crippen LogP contribution in [-0.2, 0) is 16.4 Å². The third-order valence-electron chi connectivity index (χ3n) is 4.09. The van der Waals surface area contributed by atoms with Gasteiger partial charge in [-0.2, -0.15) is 0 Å². The van der Waals surface area contributed by atoms with Gasteiger partial charge in [0.15, 0.2) is 0 Å². The van der Waals surface area contributed by atoms with E-state index in [1.165, 1.54) is 35.6 Å². The first-order chi connectivity index (χ1) is 12.0. The predicted molar refractivity (Wildman–Crippen MR) is 96.3 cm³/mol. The number of anilines is 1. The Hall–Kier alpha value is -1.84. The Morgan fingerprint density at radius 1 is 1.20 bits per heavy atom. The lowest BCUT2D eigenvalue weighted by Crippen LogP contribution is -2.32. The number of benzene rings is 1. The van der Waals surface area contributed by atoms with Crippen molar-refractivity contribution >= 4 is 32.4 Å². The molecule has 1 aromatic carbocycles. The Kier molecular flexibility index (Phi) is 5.45. The van der Waals surface area contributed by atoms with E-state index in [-0.39, 0.29) is 16.8 Å². The van der Waals surface area contributed by atoms with Gasteiger partial charge in [-0.25, -0.2) is 13.1 Å². The maximum atomic E-state index is 12.4. The Labute approximate surface area is 150 Å². The summed E-state index contributed by atoms with van der Waals surface area (Å²) in [5.74, 6) is -0.341. The lowest BCUT2D eigenvalue weighted by molar-refractivity contribution is 0.102. The normalized spacial score (nSPS) is 15.4. The molecule has 3 rings (SSSR count). The Morgan fingerprint density at radius 2 is 1.88 bits per heavy atom. The van der Waals surface area contributed by atoms with Gasteiger partial charge in [0.1, 0.15) is 5.01 Å². The highest BCUT2D eigenvalue weighted by Crippen LogP contribution is 2.21. The van der Waals surface area contributed by atoms with Crippen LogP contribution in [-0.4, -0.2) is 30.6 Å². The zero-order chi connectivity index (χ0) is 17.9. The average molecular weight is 380 g/mol. The van der Waals surface area contributed by atoms with Crippen molar-refractivity contribution in [2.75, 3.05) is 5.32 Å². The molecule has 1 heterocycles. The molecule has 0 aliphatic heterocycles. The number of carbonyl (C=O) groups is 1. The zero-order valence-electron chi connectivity index (χ0n) is 13.9. The second-order valence-electron chi connectivity index (χ2n) is 5.94. The van der Waals surface area contributed by atoms with Gasteiger partial charge in [0, 0.05) is 11.6 Å². The van der Waals surface area contributed by atoms with Gasteiger partial charge in [0.2, 0.25) is 15.2 Å². The highest BCUT2D eigenvalue weighted by molar-refractivity contribution is 7.89. The molecule has 1 amide bonds. The van der Waals surface area contributed by atoms with Crippen LogP contribution in [0.5, 0.6) is 0 Å². The van der Waals surface area contributed by atoms with Gasteiger partial charge in [-0.3, -0.25) is 10.1 Å². The average Bonchev–Trinajstić information content (AvgIpc) is 3.26. The summed E-state index contributed by atoms with van der Waals surface area (Å²) in [6.07, 6.45) is 4.62. The Bertz CT molecular complexity index is 841. The fraction of sp³-hybridized carbons (Fsp3) is 0.438. The number of carbonyl (C=O) groups excluding carboxylic acids is 1. The van der Waals surface area contributed by atoms with Crippen LogP contribution in [0, 0.1) is 0 Å². The van der Waals surface area contributed by atoms with Crippen molar-refractivity contribution in [3.63, 3.8) is 0 Å². The SMILES string of the molecule is CCc1nnc(NC(=O)c2ccc(S(=O)(=O)NC3CCCC3)cc2)s1. The van der Waals surface area contributed by atoms with Crippen molar-refractivity contribution in [1.82, 2.24) is 14.9 Å². The summed E-state index contributed by atoms with van der Waals surface area (Å²) in [5, 5.41) is 11.8. The second kappa shape index (κ2) is 7.59. The fourth-order valence-electron chi connectivity index (χ4n) is 2.73. The zero-order valence-corrected chi connectivity index (χ0v) is 15.5. The van der Waals surface area contributed by atoms with Crippen molar-refractivity contribution in [3.8, 4) is 0 Å². The summed E-state index contributed by atoms with van der Waals surface area (Å²) >= 11 is 1.32. The van der Waals surface area contributed by atoms with Gasteiger partial charge in [-0.15, -0.1) is 10.2 Å². The van der Waals surface area contributed by atoms with Crippen molar-refractivity contribution < 1.29 is 13.2 Å². The smallest absolute Gasteiger partial charge is 0.257 e. The molecule has 2 aromatic rings. The van der Waals surface area contributed by atoms with Crippen molar-refractivity contribution in [2.45, 2.75) is 50.0 Å². The van der Waals surface area contributed by atoms with E-state index in [1.807, 2.05) is 6.92 Å². The lowest BCUT2D eigenvalue weighted by Gasteiger charge is -2.12. The standard InChI is InChI=1S/C16H20N4O3S2/c1-2-14-18-19-16(24-14)17-15(21)11-7-9-13(10-8-11)25(22,23)20-12-5-3-4-6-12/h7-10,12,20H,2-6H2,1H3,(H,17,19,21). The molecule has 9 heteroatoms. The van der Waals surface area contributed by atoms with Crippen LogP contribution in [0.1, 0.15) is 48.0 Å². The largest absolute Gasteiger partial charge is 0.296 e. The van der Waals surface area contributed by atoms with E-state index in [1.54, 1.807) is 0 Å². The van der Waals surface area contributed by atoms with Gasteiger partial charge in [0.25, 0.3) is 5.91 Å². The minimum atomic E-state index is -3.55. The van der Waals surface area contributed by atoms with Gasteiger partial charge >= 0.3 is 0 Å². The molecule has 0 radical (unpaired) electrons. The molecule has 1 aromatic heterocycles. The molecular formula is C16H20N4O3S2. The number of hydrogen-bond acceptors (Lipinski definition) is 6. The monoisotopic (exact) mass is 380 g/mol. The van der Waals surface area contributed by atoms with Crippen LogP contribution in [0.3, 0.4) is 0 Å². The molecule has 134 valence electrons. The van der Waals surface area contributed by atoms with E-state index in [9.17, 15) is 13.2 Å². The van der Waals surface area contributed by atoms with E-state index in [0.29, 0.717) is 10.7 Å². The molecule has 0 atom stereocenters. The molecule has 7 nitrogen and oxygen atoms in total. The number of aromatic nitrogens is 2. The molecule has 0 bridgehead atoms. The molecule has 0 saturated heterocycles. The van der Waals surface area contributed by atoms with Gasteiger partial charge in [-0.05, 0) is 43.5 Å². The van der Waals surface area contributed by atoms with E-state index < -0.39 is 10.0 Å². The van der Waals surface area contributed by atoms with Crippen LogP contribution < -0.4 is 10.0 Å². The summed E-state index contributed by atoms with van der Waals surface area (Å²) in [5.41, 5.74) is 0.369. The molecule has 0 unspecified atom stereocenters. The molecule has 0 spiro atoms. The molecule has 1 aliphatic carbocycles. The van der Waals surface area contributed by atoms with E-state index in [0.717, 1.165) is 37.1 Å². The Balaban J connectivity index is 1.67. The molecule has 2 N–H and O–H groups in total. The maximum Gasteiger partial charge on any atom is 0.257 e. The third-order valence-corrected chi connectivity index (χ3v) is 6.61. The summed E-state index contributed by atoms with van der Waals surface area (Å²) in [6.45, 7) is 1.96. The molecule has 1 saturated carbocycles. The number of nitrogens with zero attached hydrogens (tertiary/aromatic N) is 2. The Morgan fingerprint density at radius 3 is 2.48 bits per heavy atom. The van der Waals surface area contributed by atoms with Crippen LogP contribution in [0.2, 0.25) is 0 Å². The van der Waals surface area contributed by atoms with E-state index in [4.69, 9.17) is 0 Å². The van der Waals surface area contributed by atoms with E-state index >= 15 is 0 Å². The molecule has 1 aliphatic rings. The van der Waals surface area contributed by atoms with Crippen molar-refractivity contribution in [2.24, 2.45) is 0 Å². The first kappa shape index (κ1) is 18.0. The van der Waals surface area contributed by atoms with Crippen molar-refractivity contribution in [1.29, 1.82) is 0 Å². The van der Waals surface area contributed by atoms with Gasteiger partial charge < -0.3 is 0 Å². The lowest BCUT2D eigenvalue weighted by atomic mass is 10.2. The van der Waals surface area contributed by atoms with Crippen LogP contribution in [0.25, 0.3) is 0 Å². The predicted octanol–water partition coefficient (Wildman–Crippen LogP) is 2.57. The number of nitrogens with one attached hydrogen (secondary N) is 2. The second-order valence-corrected chi connectivity index (χ2v) is 8.71. The van der Waals surface area contributed by atoms with Crippen LogP contribution in [0.15, 0.2) is 29.2 Å². The minimum Gasteiger partial charge on any atom is -0.296 e. The highest BCUT2D eigenvalue weighted by Gasteiger charge is 2.23. The van der Waals surface area contributed by atoms with Crippen molar-refractivity contribution in [3.05, 3.63) is 34.8 Å². The number of hydrogen-bond donors (Lipinski definition) is 2. The van der Waals surface area contributed by atoms with Crippen LogP contribution in [0.4, 0.5) is 5.13 Å². The van der Waals surface area contributed by atoms with Gasteiger partial charge in [-0.1, -0.05) is 31.1 Å². The molecule has 1 fully saturated rings. The van der Waals surface area contributed by atoms with Gasteiger partial charge in [0.05, 0.1) is 4.90 Å². The number of aryl methyl sites for hydroxylation is 1. The fourth-order valence-corrected chi connectivity index (χ4v) is 4.71. The summed E-state index contributed by atoms with van der Waals surface area (Å²) in [7, 11) is -3.55. The minimum absolute atomic E-state index is 0.0122. The number of rotatable bonds is 6. The first-order valence-electron chi connectivity index (χ1n) is 8.24. The topological polar surface area (TPSA) is 101 Å². The number of sulfonamides is 1. The quantitative estimate of drug-likeness (QED) is 0.802. The molecular weight excluding hydrogens is 360 g/mol. The van der Waals surface area contributed by atoms with Crippen LogP contribution >= 0.6 is 11.3 Å². The highest BCUT2D eigenvalue weighted by atomic mass is 32.2. The first-order valence-corrected chi connectivity index (χ1v) is 10.5. The third kappa shape index (κ3) is 4.42. The molecule has 25 heavy (non-hydrogen) atoms. The summed E-state index contributed by atoms with van der Waals surface area (Å²) in [4.78, 5) is 12.4. The summed E-state index contributed by atoms with van der Waals surface area (Å²) in [6, 6.07) is 5.91. The number of amides is 1.